The van der Waals surface area contributed by atoms with E-state index in [4.69, 9.17) is 29.5 Å². The minimum Gasteiger partial charge on any atom is -0.480 e. The molecule has 212 valence electrons. The van der Waals surface area contributed by atoms with Gasteiger partial charge < -0.3 is 15.4 Å². The third kappa shape index (κ3) is 8.38. The topological polar surface area (TPSA) is 100 Å². The van der Waals surface area contributed by atoms with Crippen molar-refractivity contribution in [1.82, 2.24) is 5.43 Å². The second-order valence-corrected chi connectivity index (χ2v) is 10.4. The predicted octanol–water partition coefficient (Wildman–Crippen LogP) is 8.20. The van der Waals surface area contributed by atoms with Crippen molar-refractivity contribution in [2.75, 3.05) is 16.1 Å². The summed E-state index contributed by atoms with van der Waals surface area (Å²) in [5.74, 6) is 0.601. The molecule has 0 aromatic heterocycles. The zero-order chi connectivity index (χ0) is 30.1. The summed E-state index contributed by atoms with van der Waals surface area (Å²) in [4.78, 5) is 32.6. The molecule has 1 unspecified atom stereocenters. The average Bonchev–Trinajstić information content (AvgIpc) is 2.93. The number of nitrogens with zero attached hydrogens (tertiary/aromatic N) is 2. The summed E-state index contributed by atoms with van der Waals surface area (Å²) in [5.41, 5.74) is 9.94. The van der Waals surface area contributed by atoms with E-state index in [1.165, 1.54) is 0 Å². The minimum absolute atomic E-state index is 0.190. The highest BCUT2D eigenvalue weighted by Gasteiger charge is 2.20. The van der Waals surface area contributed by atoms with Crippen LogP contribution < -0.4 is 26.2 Å². The van der Waals surface area contributed by atoms with Crippen molar-refractivity contribution < 1.29 is 14.3 Å². The van der Waals surface area contributed by atoms with Crippen molar-refractivity contribution in [1.29, 1.82) is 0 Å². The van der Waals surface area contributed by atoms with Crippen molar-refractivity contribution >= 4 is 52.0 Å². The fourth-order valence-electron chi connectivity index (χ4n) is 4.13. The van der Waals surface area contributed by atoms with Crippen LogP contribution in [0.2, 0.25) is 5.02 Å². The molecule has 1 atom stereocenters. The smallest absolute Gasteiger partial charge is 0.337 e. The maximum absolute atomic E-state index is 13.0. The summed E-state index contributed by atoms with van der Waals surface area (Å²) in [6, 6.07) is 13.1. The van der Waals surface area contributed by atoms with Crippen molar-refractivity contribution in [3.8, 4) is 5.75 Å². The molecule has 0 bridgehead atoms. The molecule has 0 aliphatic carbocycles. The van der Waals surface area contributed by atoms with Gasteiger partial charge in [-0.15, -0.1) is 0 Å². The van der Waals surface area contributed by atoms with Crippen LogP contribution >= 0.6 is 11.6 Å². The summed E-state index contributed by atoms with van der Waals surface area (Å²) in [5, 5.41) is 5.77. The highest BCUT2D eigenvalue weighted by molar-refractivity contribution is 6.33. The number of aryl methyl sites for hydroxylation is 2. The molecule has 0 aliphatic heterocycles. The Balaban J connectivity index is 1.69. The highest BCUT2D eigenvalue weighted by atomic mass is 35.5. The summed E-state index contributed by atoms with van der Waals surface area (Å²) >= 11 is 6.32. The number of ether oxygens (including phenoxy) is 1. The number of nitrogens with one attached hydrogen (secondary N) is 4. The van der Waals surface area contributed by atoms with Gasteiger partial charge in [0, 0.05) is 11.4 Å². The van der Waals surface area contributed by atoms with Gasteiger partial charge in [-0.25, -0.2) is 4.79 Å². The molecule has 0 radical (unpaired) electrons. The van der Waals surface area contributed by atoms with E-state index in [0.29, 0.717) is 30.0 Å². The largest absolute Gasteiger partial charge is 0.480 e. The van der Waals surface area contributed by atoms with Gasteiger partial charge in [0.2, 0.25) is 0 Å². The Hall–Kier alpha value is -4.73. The number of carbonyl (C=O) groups is 2. The Labute approximate surface area is 245 Å². The van der Waals surface area contributed by atoms with E-state index in [1.54, 1.807) is 30.3 Å². The summed E-state index contributed by atoms with van der Waals surface area (Å²) < 4.78 is 5.98. The van der Waals surface area contributed by atoms with Crippen LogP contribution in [0.25, 0.3) is 9.69 Å². The fourth-order valence-corrected chi connectivity index (χ4v) is 4.30. The lowest BCUT2D eigenvalue weighted by atomic mass is 10.00. The fraction of sp³-hybridized carbons (Fsp3) is 0.290. The van der Waals surface area contributed by atoms with E-state index >= 15 is 0 Å². The number of urea groups is 1. The summed E-state index contributed by atoms with van der Waals surface area (Å²) in [7, 11) is 0. The first kappa shape index (κ1) is 30.8. The zero-order valence-electron chi connectivity index (χ0n) is 23.7. The lowest BCUT2D eigenvalue weighted by Gasteiger charge is -2.19. The molecule has 10 heteroatoms. The van der Waals surface area contributed by atoms with Crippen LogP contribution in [-0.2, 0) is 11.2 Å². The van der Waals surface area contributed by atoms with Gasteiger partial charge in [0.05, 0.1) is 23.9 Å². The first-order chi connectivity index (χ1) is 19.5. The van der Waals surface area contributed by atoms with Crippen LogP contribution in [-0.4, -0.2) is 18.0 Å². The molecule has 0 fully saturated rings. The van der Waals surface area contributed by atoms with E-state index in [1.807, 2.05) is 52.8 Å². The molecule has 0 spiro atoms. The standard InChI is InChI=1S/C31H33ClN6O3/c1-8-28(41-29-12-9-19(4)14-20(29)5)30(39)35-22-10-11-23(32)25(16-22)36-31(40)38-37-24-17-27(34-7)26(33-6)15-21(24)13-18(2)3/h9-12,14-18,28,37H,8,13H2,1-5H3,(H,35,39)(H2,36,38,40). The number of rotatable bonds is 10. The maximum atomic E-state index is 13.0. The molecule has 9 nitrogen and oxygen atoms in total. The van der Waals surface area contributed by atoms with Gasteiger partial charge in [0.25, 0.3) is 5.91 Å². The Morgan fingerprint density at radius 3 is 2.29 bits per heavy atom. The van der Waals surface area contributed by atoms with E-state index in [9.17, 15) is 9.59 Å². The molecule has 0 aliphatic rings. The van der Waals surface area contributed by atoms with Crippen LogP contribution in [0.4, 0.5) is 33.2 Å². The molecule has 0 saturated heterocycles. The number of benzene rings is 3. The molecular formula is C31H33ClN6O3. The van der Waals surface area contributed by atoms with Crippen molar-refractivity contribution in [3.05, 3.63) is 93.1 Å². The molecule has 0 heterocycles. The Morgan fingerprint density at radius 1 is 0.951 bits per heavy atom. The number of hydrogen-bond acceptors (Lipinski definition) is 4. The predicted molar refractivity (Wildman–Crippen MR) is 164 cm³/mol. The first-order valence-electron chi connectivity index (χ1n) is 13.1. The maximum Gasteiger partial charge on any atom is 0.337 e. The Kier molecular flexibility index (Phi) is 10.6. The van der Waals surface area contributed by atoms with Crippen LogP contribution in [0.1, 0.15) is 43.9 Å². The second-order valence-electron chi connectivity index (χ2n) is 9.99. The molecular weight excluding hydrogens is 540 g/mol. The van der Waals surface area contributed by atoms with E-state index in [0.717, 1.165) is 16.7 Å². The Bertz CT molecular complexity index is 1520. The molecule has 3 aromatic carbocycles. The van der Waals surface area contributed by atoms with Gasteiger partial charge >= 0.3 is 6.03 Å². The monoisotopic (exact) mass is 572 g/mol. The van der Waals surface area contributed by atoms with Gasteiger partial charge in [-0.2, -0.15) is 0 Å². The summed E-state index contributed by atoms with van der Waals surface area (Å²) in [6.45, 7) is 24.6. The number of halogens is 1. The number of anilines is 3. The van der Waals surface area contributed by atoms with Gasteiger partial charge in [-0.05, 0) is 74.1 Å². The molecule has 3 aromatic rings. The molecule has 41 heavy (non-hydrogen) atoms. The lowest BCUT2D eigenvalue weighted by Crippen LogP contribution is -2.34. The lowest BCUT2D eigenvalue weighted by molar-refractivity contribution is -0.122. The average molecular weight is 573 g/mol. The third-order valence-corrected chi connectivity index (χ3v) is 6.45. The highest BCUT2D eigenvalue weighted by Crippen LogP contribution is 2.35. The van der Waals surface area contributed by atoms with Crippen molar-refractivity contribution in [2.24, 2.45) is 5.92 Å². The quantitative estimate of drug-likeness (QED) is 0.145. The van der Waals surface area contributed by atoms with Crippen LogP contribution in [0.15, 0.2) is 48.5 Å². The van der Waals surface area contributed by atoms with E-state index in [-0.39, 0.29) is 33.9 Å². The number of hydrogen-bond donors (Lipinski definition) is 4. The van der Waals surface area contributed by atoms with E-state index < -0.39 is 12.1 Å². The van der Waals surface area contributed by atoms with Gasteiger partial charge in [0.15, 0.2) is 17.5 Å². The van der Waals surface area contributed by atoms with Gasteiger partial charge in [-0.3, -0.25) is 25.3 Å². The van der Waals surface area contributed by atoms with Gasteiger partial charge in [0.1, 0.15) is 5.75 Å². The zero-order valence-corrected chi connectivity index (χ0v) is 24.4. The SMILES string of the molecule is [C-]#[N+]c1cc(CC(C)C)c(NNC(=O)Nc2cc(NC(=O)C(CC)Oc3ccc(C)cc3C)ccc2Cl)cc1[N+]#[C-]. The minimum atomic E-state index is -0.717. The molecule has 4 N–H and O–H groups in total. The third-order valence-electron chi connectivity index (χ3n) is 6.13. The molecule has 3 amide bonds. The van der Waals surface area contributed by atoms with Crippen LogP contribution in [0.5, 0.6) is 5.75 Å². The van der Waals surface area contributed by atoms with Crippen LogP contribution in [0, 0.1) is 32.9 Å². The summed E-state index contributed by atoms with van der Waals surface area (Å²) in [6.07, 6.45) is 0.383. The number of amides is 3. The van der Waals surface area contributed by atoms with Crippen molar-refractivity contribution in [2.45, 2.75) is 53.6 Å². The van der Waals surface area contributed by atoms with Gasteiger partial charge in [-0.1, -0.05) is 56.1 Å². The van der Waals surface area contributed by atoms with Crippen LogP contribution in [0.3, 0.4) is 0 Å². The molecule has 3 rings (SSSR count). The first-order valence-corrected chi connectivity index (χ1v) is 13.5. The number of hydrazine groups is 1. The van der Waals surface area contributed by atoms with E-state index in [2.05, 4.69) is 31.2 Å². The molecule has 0 saturated carbocycles. The van der Waals surface area contributed by atoms with Crippen molar-refractivity contribution in [3.63, 3.8) is 0 Å². The normalized spacial score (nSPS) is 11.1. The number of carbonyl (C=O) groups excluding carboxylic acids is 2. The Morgan fingerprint density at radius 2 is 1.66 bits per heavy atom. The second kappa shape index (κ2) is 14.1.